The predicted molar refractivity (Wildman–Crippen MR) is 66.9 cm³/mol. The third-order valence-corrected chi connectivity index (χ3v) is 3.22. The number of thioether (sulfide) groups is 1. The van der Waals surface area contributed by atoms with Gasteiger partial charge in [0.2, 0.25) is 0 Å². The van der Waals surface area contributed by atoms with Crippen molar-refractivity contribution < 1.29 is 17.9 Å². The number of alkyl halides is 3. The van der Waals surface area contributed by atoms with Crippen LogP contribution in [0.3, 0.4) is 0 Å². The van der Waals surface area contributed by atoms with Gasteiger partial charge in [-0.25, -0.2) is 0 Å². The fourth-order valence-corrected chi connectivity index (χ4v) is 2.29. The third kappa shape index (κ3) is 4.78. The van der Waals surface area contributed by atoms with Gasteiger partial charge in [-0.05, 0) is 17.9 Å². The summed E-state index contributed by atoms with van der Waals surface area (Å²) in [5.74, 6) is 1.32. The second kappa shape index (κ2) is 6.89. The normalized spacial score (nSPS) is 11.6. The van der Waals surface area contributed by atoms with E-state index in [-0.39, 0.29) is 13.2 Å². The Morgan fingerprint density at radius 1 is 1.33 bits per heavy atom. The van der Waals surface area contributed by atoms with E-state index in [4.69, 9.17) is 10.5 Å². The molecule has 0 aliphatic rings. The summed E-state index contributed by atoms with van der Waals surface area (Å²) in [6.45, 7) is 1.88. The maximum atomic E-state index is 12.0. The van der Waals surface area contributed by atoms with Crippen LogP contribution in [0.25, 0.3) is 0 Å². The SMILES string of the molecule is CCSc1cccc(OCCC(F)(F)F)c1CN. The molecule has 18 heavy (non-hydrogen) atoms. The number of hydrogen-bond acceptors (Lipinski definition) is 3. The minimum atomic E-state index is -4.20. The highest BCUT2D eigenvalue weighted by Crippen LogP contribution is 2.30. The first-order valence-electron chi connectivity index (χ1n) is 5.62. The van der Waals surface area contributed by atoms with E-state index >= 15 is 0 Å². The molecule has 0 saturated carbocycles. The second-order valence-corrected chi connectivity index (χ2v) is 4.89. The topological polar surface area (TPSA) is 35.2 Å². The summed E-state index contributed by atoms with van der Waals surface area (Å²) in [6.07, 6.45) is -5.15. The standard InChI is InChI=1S/C12H16F3NOS/c1-2-18-11-5-3-4-10(9(11)8-16)17-7-6-12(13,14)15/h3-5H,2,6-8,16H2,1H3. The van der Waals surface area contributed by atoms with E-state index in [0.29, 0.717) is 5.75 Å². The highest BCUT2D eigenvalue weighted by Gasteiger charge is 2.27. The zero-order valence-electron chi connectivity index (χ0n) is 10.1. The Morgan fingerprint density at radius 3 is 2.61 bits per heavy atom. The number of rotatable bonds is 6. The number of hydrogen-bond donors (Lipinski definition) is 1. The van der Waals surface area contributed by atoms with Gasteiger partial charge in [0, 0.05) is 17.0 Å². The van der Waals surface area contributed by atoms with Crippen LogP contribution in [-0.4, -0.2) is 18.5 Å². The molecule has 0 aliphatic carbocycles. The summed E-state index contributed by atoms with van der Waals surface area (Å²) >= 11 is 1.60. The maximum Gasteiger partial charge on any atom is 0.392 e. The van der Waals surface area contributed by atoms with Gasteiger partial charge in [-0.2, -0.15) is 13.2 Å². The molecule has 0 aliphatic heterocycles. The predicted octanol–water partition coefficient (Wildman–Crippen LogP) is 3.59. The van der Waals surface area contributed by atoms with Crippen molar-refractivity contribution in [2.45, 2.75) is 31.0 Å². The first-order chi connectivity index (χ1) is 8.48. The van der Waals surface area contributed by atoms with E-state index < -0.39 is 12.6 Å². The van der Waals surface area contributed by atoms with Gasteiger partial charge in [0.05, 0.1) is 13.0 Å². The first kappa shape index (κ1) is 15.2. The average Bonchev–Trinajstić information content (AvgIpc) is 2.28. The molecule has 102 valence electrons. The van der Waals surface area contributed by atoms with Gasteiger partial charge in [-0.15, -0.1) is 11.8 Å². The molecule has 2 nitrogen and oxygen atoms in total. The first-order valence-corrected chi connectivity index (χ1v) is 6.60. The third-order valence-electron chi connectivity index (χ3n) is 2.24. The lowest BCUT2D eigenvalue weighted by Crippen LogP contribution is -2.14. The minimum Gasteiger partial charge on any atom is -0.493 e. The van der Waals surface area contributed by atoms with Crippen LogP contribution in [0, 0.1) is 0 Å². The zero-order chi connectivity index (χ0) is 13.6. The fourth-order valence-electron chi connectivity index (χ4n) is 1.45. The van der Waals surface area contributed by atoms with Crippen molar-refractivity contribution in [1.82, 2.24) is 0 Å². The largest absolute Gasteiger partial charge is 0.493 e. The molecule has 0 spiro atoms. The van der Waals surface area contributed by atoms with Crippen LogP contribution in [0.15, 0.2) is 23.1 Å². The van der Waals surface area contributed by atoms with Crippen LogP contribution in [0.5, 0.6) is 5.75 Å². The molecular formula is C12H16F3NOS. The van der Waals surface area contributed by atoms with Crippen molar-refractivity contribution >= 4 is 11.8 Å². The van der Waals surface area contributed by atoms with Gasteiger partial charge in [0.15, 0.2) is 0 Å². The van der Waals surface area contributed by atoms with Gasteiger partial charge in [-0.1, -0.05) is 13.0 Å². The number of nitrogens with two attached hydrogens (primary N) is 1. The molecule has 0 radical (unpaired) electrons. The quantitative estimate of drug-likeness (QED) is 0.808. The van der Waals surface area contributed by atoms with Crippen molar-refractivity contribution in [3.63, 3.8) is 0 Å². The molecule has 0 aromatic heterocycles. The molecule has 1 aromatic carbocycles. The Kier molecular flexibility index (Phi) is 5.81. The van der Waals surface area contributed by atoms with Crippen molar-refractivity contribution in [1.29, 1.82) is 0 Å². The highest BCUT2D eigenvalue weighted by molar-refractivity contribution is 7.99. The van der Waals surface area contributed by atoms with Gasteiger partial charge in [0.1, 0.15) is 5.75 Å². The number of halogens is 3. The molecule has 0 amide bonds. The molecule has 1 aromatic rings. The van der Waals surface area contributed by atoms with Gasteiger partial charge in [0.25, 0.3) is 0 Å². The number of ether oxygens (including phenoxy) is 1. The van der Waals surface area contributed by atoms with Crippen LogP contribution in [0.1, 0.15) is 18.9 Å². The van der Waals surface area contributed by atoms with Crippen molar-refractivity contribution in [3.8, 4) is 5.75 Å². The average molecular weight is 279 g/mol. The molecular weight excluding hydrogens is 263 g/mol. The molecule has 0 unspecified atom stereocenters. The summed E-state index contributed by atoms with van der Waals surface area (Å²) < 4.78 is 41.3. The number of benzene rings is 1. The molecule has 0 saturated heterocycles. The molecule has 0 bridgehead atoms. The second-order valence-electron chi connectivity index (χ2n) is 3.58. The fraction of sp³-hybridized carbons (Fsp3) is 0.500. The lowest BCUT2D eigenvalue weighted by atomic mass is 10.2. The van der Waals surface area contributed by atoms with Crippen LogP contribution in [0.2, 0.25) is 0 Å². The summed E-state index contributed by atoms with van der Waals surface area (Å²) in [5.41, 5.74) is 6.39. The Balaban J connectivity index is 2.72. The van der Waals surface area contributed by atoms with Crippen molar-refractivity contribution in [2.24, 2.45) is 5.73 Å². The Labute approximate surface area is 109 Å². The summed E-state index contributed by atoms with van der Waals surface area (Å²) in [4.78, 5) is 0.963. The van der Waals surface area contributed by atoms with E-state index in [0.717, 1.165) is 16.2 Å². The Hall–Kier alpha value is -0.880. The molecule has 1 rings (SSSR count). The summed E-state index contributed by atoms with van der Waals surface area (Å²) in [5, 5.41) is 0. The van der Waals surface area contributed by atoms with E-state index in [1.54, 1.807) is 23.9 Å². The zero-order valence-corrected chi connectivity index (χ0v) is 10.9. The molecule has 0 atom stereocenters. The monoisotopic (exact) mass is 279 g/mol. The van der Waals surface area contributed by atoms with Crippen LogP contribution in [-0.2, 0) is 6.54 Å². The molecule has 6 heteroatoms. The van der Waals surface area contributed by atoms with Gasteiger partial charge >= 0.3 is 6.18 Å². The maximum absolute atomic E-state index is 12.0. The highest BCUT2D eigenvalue weighted by atomic mass is 32.2. The molecule has 2 N–H and O–H groups in total. The van der Waals surface area contributed by atoms with E-state index in [1.807, 2.05) is 13.0 Å². The van der Waals surface area contributed by atoms with Crippen LogP contribution < -0.4 is 10.5 Å². The Morgan fingerprint density at radius 2 is 2.06 bits per heavy atom. The van der Waals surface area contributed by atoms with E-state index in [9.17, 15) is 13.2 Å². The summed E-state index contributed by atoms with van der Waals surface area (Å²) in [6, 6.07) is 5.31. The van der Waals surface area contributed by atoms with Crippen LogP contribution >= 0.6 is 11.8 Å². The Bertz CT molecular complexity index is 382. The molecule has 0 fully saturated rings. The van der Waals surface area contributed by atoms with Gasteiger partial charge < -0.3 is 10.5 Å². The van der Waals surface area contributed by atoms with Crippen molar-refractivity contribution in [2.75, 3.05) is 12.4 Å². The van der Waals surface area contributed by atoms with Crippen LogP contribution in [0.4, 0.5) is 13.2 Å². The smallest absolute Gasteiger partial charge is 0.392 e. The summed E-state index contributed by atoms with van der Waals surface area (Å²) in [7, 11) is 0. The van der Waals surface area contributed by atoms with Gasteiger partial charge in [-0.3, -0.25) is 0 Å². The lowest BCUT2D eigenvalue weighted by Gasteiger charge is -2.14. The minimum absolute atomic E-state index is 0.254. The lowest BCUT2D eigenvalue weighted by molar-refractivity contribution is -0.139. The molecule has 0 heterocycles. The van der Waals surface area contributed by atoms with E-state index in [2.05, 4.69) is 0 Å². The van der Waals surface area contributed by atoms with Crippen molar-refractivity contribution in [3.05, 3.63) is 23.8 Å². The van der Waals surface area contributed by atoms with E-state index in [1.165, 1.54) is 0 Å².